The van der Waals surface area contributed by atoms with E-state index in [0.29, 0.717) is 38.2 Å². The van der Waals surface area contributed by atoms with Crippen molar-refractivity contribution in [3.63, 3.8) is 0 Å². The van der Waals surface area contributed by atoms with Crippen molar-refractivity contribution in [1.29, 1.82) is 0 Å². The molecule has 2 heterocycles. The maximum atomic E-state index is 13.7. The second-order valence-electron chi connectivity index (χ2n) is 15.0. The molecule has 2 saturated heterocycles. The summed E-state index contributed by atoms with van der Waals surface area (Å²) in [5.41, 5.74) is 0.981. The summed E-state index contributed by atoms with van der Waals surface area (Å²) in [5.74, 6) is 0.659. The van der Waals surface area contributed by atoms with Crippen molar-refractivity contribution in [2.45, 2.75) is 152 Å². The number of aryl methyl sites for hydroxylation is 1. The Hall–Kier alpha value is -2.08. The van der Waals surface area contributed by atoms with Crippen molar-refractivity contribution in [2.24, 2.45) is 23.7 Å². The lowest BCUT2D eigenvalue weighted by molar-refractivity contribution is -0.193. The van der Waals surface area contributed by atoms with E-state index < -0.39 is 16.2 Å². The highest BCUT2D eigenvalue weighted by atomic mass is 32.2. The molecule has 0 amide bonds. The molecule has 2 saturated carbocycles. The van der Waals surface area contributed by atoms with E-state index in [0.717, 1.165) is 75.9 Å². The van der Waals surface area contributed by atoms with E-state index in [9.17, 15) is 13.2 Å². The fourth-order valence-corrected chi connectivity index (χ4v) is 9.29. The number of allylic oxidation sites excluding steroid dienone is 2. The molecule has 0 bridgehead atoms. The second kappa shape index (κ2) is 20.4. The Balaban J connectivity index is 1.41. The van der Waals surface area contributed by atoms with Crippen molar-refractivity contribution in [1.82, 2.24) is 0 Å². The fraction of sp³-hybridized carbons (Fsp3) is 0.732. The zero-order valence-corrected chi connectivity index (χ0v) is 31.9. The molecule has 7 atom stereocenters. The number of ether oxygens (including phenoxy) is 5. The Bertz CT molecular complexity index is 1340. The van der Waals surface area contributed by atoms with Crippen molar-refractivity contribution in [3.8, 4) is 0 Å². The summed E-state index contributed by atoms with van der Waals surface area (Å²) in [6, 6.07) is 6.81. The van der Waals surface area contributed by atoms with E-state index in [-0.39, 0.29) is 47.5 Å². The van der Waals surface area contributed by atoms with E-state index in [4.69, 9.17) is 27.9 Å². The van der Waals surface area contributed by atoms with Gasteiger partial charge in [0, 0.05) is 32.0 Å². The van der Waals surface area contributed by atoms with Crippen LogP contribution in [0.15, 0.2) is 53.5 Å². The third-order valence-electron chi connectivity index (χ3n) is 11.3. The summed E-state index contributed by atoms with van der Waals surface area (Å²) in [6.45, 7) is 5.61. The van der Waals surface area contributed by atoms with E-state index in [1.54, 1.807) is 24.3 Å². The lowest BCUT2D eigenvalue weighted by Crippen LogP contribution is -2.34. The second-order valence-corrected chi connectivity index (χ2v) is 16.6. The van der Waals surface area contributed by atoms with Gasteiger partial charge in [0.25, 0.3) is 10.1 Å². The first-order valence-electron chi connectivity index (χ1n) is 19.7. The molecule has 4 aliphatic rings. The van der Waals surface area contributed by atoms with Crippen LogP contribution in [0.5, 0.6) is 0 Å². The number of hydrogen-bond donors (Lipinski definition) is 0. The van der Waals surface area contributed by atoms with Gasteiger partial charge in [-0.3, -0.25) is 8.98 Å². The lowest BCUT2D eigenvalue weighted by atomic mass is 9.78. The summed E-state index contributed by atoms with van der Waals surface area (Å²) < 4.78 is 63.9. The van der Waals surface area contributed by atoms with Crippen molar-refractivity contribution < 1.29 is 41.1 Å². The van der Waals surface area contributed by atoms with Gasteiger partial charge in [-0.2, -0.15) is 8.42 Å². The normalized spacial score (nSPS) is 31.3. The number of hydrogen-bond acceptors (Lipinski definition) is 9. The standard InChI is InChI=1S/C41H62O9S/c1-4-31-19-21-32(22-20-31)36(48-40-15-9-11-27-46-40)26-25-35-34(13-7-5-6-8-14-39(42)45-3)38(29-37(35)49-41-16-10-12-28-47-41)50-51(43,44)33-23-17-30(2)18-24-33/h5,7,17-18,23-26,31-32,34-38,40-41H,4,6,8-16,19-22,27-29H2,1-3H3/b7-5-,26-25+/t31?,32?,34-,35-,36+,37-,38-,40?,41?/m1/s1. The molecule has 0 aromatic heterocycles. The minimum Gasteiger partial charge on any atom is -0.469 e. The molecule has 0 radical (unpaired) electrons. The quantitative estimate of drug-likeness (QED) is 0.0674. The van der Waals surface area contributed by atoms with Gasteiger partial charge in [0.05, 0.1) is 30.3 Å². The summed E-state index contributed by atoms with van der Waals surface area (Å²) in [5, 5.41) is 0. The third-order valence-corrected chi connectivity index (χ3v) is 12.7. The zero-order chi connectivity index (χ0) is 36.1. The van der Waals surface area contributed by atoms with Gasteiger partial charge in [-0.05, 0) is 107 Å². The molecule has 5 rings (SSSR count). The molecular formula is C41H62O9S. The van der Waals surface area contributed by atoms with E-state index in [1.165, 1.54) is 26.4 Å². The minimum absolute atomic E-state index is 0.0942. The van der Waals surface area contributed by atoms with E-state index in [2.05, 4.69) is 31.2 Å². The maximum absolute atomic E-state index is 13.7. The molecule has 0 spiro atoms. The molecule has 2 aliphatic carbocycles. The van der Waals surface area contributed by atoms with Crippen LogP contribution in [0.2, 0.25) is 0 Å². The minimum atomic E-state index is -4.03. The van der Waals surface area contributed by atoms with Crippen molar-refractivity contribution in [3.05, 3.63) is 54.1 Å². The Kier molecular flexibility index (Phi) is 16.0. The average Bonchev–Trinajstić information content (AvgIpc) is 3.46. The largest absolute Gasteiger partial charge is 0.469 e. The smallest absolute Gasteiger partial charge is 0.305 e. The lowest BCUT2D eigenvalue weighted by Gasteiger charge is -2.35. The van der Waals surface area contributed by atoms with Gasteiger partial charge in [0.1, 0.15) is 0 Å². The maximum Gasteiger partial charge on any atom is 0.305 e. The first kappa shape index (κ1) is 40.1. The van der Waals surface area contributed by atoms with Gasteiger partial charge in [-0.25, -0.2) is 0 Å². The Morgan fingerprint density at radius 1 is 0.922 bits per heavy atom. The molecule has 286 valence electrons. The fourth-order valence-electron chi connectivity index (χ4n) is 8.16. The van der Waals surface area contributed by atoms with Crippen LogP contribution >= 0.6 is 0 Å². The van der Waals surface area contributed by atoms with Gasteiger partial charge < -0.3 is 23.7 Å². The summed E-state index contributed by atoms with van der Waals surface area (Å²) >= 11 is 0. The molecule has 51 heavy (non-hydrogen) atoms. The predicted octanol–water partition coefficient (Wildman–Crippen LogP) is 8.59. The van der Waals surface area contributed by atoms with Crippen molar-refractivity contribution >= 4 is 16.1 Å². The molecule has 4 fully saturated rings. The molecule has 1 aromatic carbocycles. The highest BCUT2D eigenvalue weighted by molar-refractivity contribution is 7.86. The van der Waals surface area contributed by atoms with Crippen LogP contribution in [0.4, 0.5) is 0 Å². The van der Waals surface area contributed by atoms with Crippen LogP contribution in [-0.2, 0) is 42.8 Å². The van der Waals surface area contributed by atoms with Gasteiger partial charge >= 0.3 is 5.97 Å². The highest BCUT2D eigenvalue weighted by Gasteiger charge is 2.46. The van der Waals surface area contributed by atoms with E-state index >= 15 is 0 Å². The van der Waals surface area contributed by atoms with Crippen LogP contribution < -0.4 is 0 Å². The molecule has 2 unspecified atom stereocenters. The molecule has 9 nitrogen and oxygen atoms in total. The van der Waals surface area contributed by atoms with Crippen LogP contribution in [0.25, 0.3) is 0 Å². The molecule has 10 heteroatoms. The number of esters is 1. The average molecular weight is 731 g/mol. The third kappa shape index (κ3) is 12.2. The highest BCUT2D eigenvalue weighted by Crippen LogP contribution is 2.43. The topological polar surface area (TPSA) is 107 Å². The van der Waals surface area contributed by atoms with Crippen LogP contribution in [0.3, 0.4) is 0 Å². The molecule has 2 aliphatic heterocycles. The van der Waals surface area contributed by atoms with Crippen LogP contribution in [0.1, 0.15) is 115 Å². The van der Waals surface area contributed by atoms with Gasteiger partial charge in [0.2, 0.25) is 0 Å². The van der Waals surface area contributed by atoms with Gasteiger partial charge in [0.15, 0.2) is 12.6 Å². The first-order valence-corrected chi connectivity index (χ1v) is 21.1. The van der Waals surface area contributed by atoms with Gasteiger partial charge in [-0.1, -0.05) is 68.2 Å². The number of carbonyl (C=O) groups is 1. The molecular weight excluding hydrogens is 669 g/mol. The van der Waals surface area contributed by atoms with Crippen molar-refractivity contribution in [2.75, 3.05) is 20.3 Å². The molecule has 0 N–H and O–H groups in total. The Morgan fingerprint density at radius 2 is 1.63 bits per heavy atom. The monoisotopic (exact) mass is 730 g/mol. The number of unbranched alkanes of at least 4 members (excludes halogenated alkanes) is 1. The summed E-state index contributed by atoms with van der Waals surface area (Å²) in [4.78, 5) is 11.8. The molecule has 1 aromatic rings. The summed E-state index contributed by atoms with van der Waals surface area (Å²) in [6.07, 6.45) is 21.8. The number of methoxy groups -OCH3 is 1. The Morgan fingerprint density at radius 3 is 2.27 bits per heavy atom. The Labute approximate surface area is 306 Å². The number of carbonyl (C=O) groups excluding carboxylic acids is 1. The first-order chi connectivity index (χ1) is 24.8. The van der Waals surface area contributed by atoms with Crippen LogP contribution in [-0.4, -0.2) is 65.6 Å². The van der Waals surface area contributed by atoms with Gasteiger partial charge in [-0.15, -0.1) is 0 Å². The SMILES string of the molecule is CCC1CCC([C@H](/C=C/[C@@H]2[C@@H](C/C=C\CCCC(=O)OC)[C@H](OS(=O)(=O)c3ccc(C)cc3)C[C@H]2OC2CCCCO2)OC2CCCCO2)CC1. The number of benzene rings is 1. The van der Waals surface area contributed by atoms with E-state index in [1.807, 2.05) is 6.92 Å². The number of rotatable bonds is 17. The summed E-state index contributed by atoms with van der Waals surface area (Å²) in [7, 11) is -2.62. The predicted molar refractivity (Wildman–Crippen MR) is 196 cm³/mol. The van der Waals surface area contributed by atoms with Crippen LogP contribution in [0, 0.1) is 30.6 Å². The zero-order valence-electron chi connectivity index (χ0n) is 31.1.